The van der Waals surface area contributed by atoms with Crippen molar-refractivity contribution in [1.29, 1.82) is 0 Å². The minimum Gasteiger partial charge on any atom is -0.469 e. The summed E-state index contributed by atoms with van der Waals surface area (Å²) in [7, 11) is 2.91. The molecule has 0 saturated carbocycles. The van der Waals surface area contributed by atoms with Gasteiger partial charge < -0.3 is 14.4 Å². The van der Waals surface area contributed by atoms with Gasteiger partial charge in [-0.05, 0) is 18.4 Å². The number of benzene rings is 1. The molecule has 1 heterocycles. The molecule has 5 nitrogen and oxygen atoms in total. The minimum atomic E-state index is -0.623. The van der Waals surface area contributed by atoms with E-state index in [-0.39, 0.29) is 17.8 Å². The number of carbonyl (C=O) groups excluding carboxylic acids is 2. The summed E-state index contributed by atoms with van der Waals surface area (Å²) >= 11 is 0. The summed E-state index contributed by atoms with van der Waals surface area (Å²) in [6.07, 6.45) is 0.943. The number of rotatable bonds is 4. The van der Waals surface area contributed by atoms with Crippen LogP contribution in [0.25, 0.3) is 0 Å². The molecule has 0 aromatic heterocycles. The number of hydrogen-bond acceptors (Lipinski definition) is 4. The molecule has 21 heavy (non-hydrogen) atoms. The summed E-state index contributed by atoms with van der Waals surface area (Å²) in [6, 6.07) is 9.39. The zero-order valence-corrected chi connectivity index (χ0v) is 12.5. The quantitative estimate of drug-likeness (QED) is 0.794. The molecule has 2 atom stereocenters. The van der Waals surface area contributed by atoms with E-state index in [1.807, 2.05) is 30.3 Å². The molecule has 1 aromatic rings. The average molecular weight is 291 g/mol. The van der Waals surface area contributed by atoms with Gasteiger partial charge in [-0.25, -0.2) is 0 Å². The molecular weight excluding hydrogens is 270 g/mol. The van der Waals surface area contributed by atoms with E-state index in [1.165, 1.54) is 14.2 Å². The van der Waals surface area contributed by atoms with E-state index in [2.05, 4.69) is 0 Å². The molecule has 114 valence electrons. The molecule has 0 aliphatic carbocycles. The number of esters is 1. The second-order valence-corrected chi connectivity index (χ2v) is 5.17. The lowest BCUT2D eigenvalue weighted by atomic mass is 9.97. The van der Waals surface area contributed by atoms with Crippen molar-refractivity contribution in [3.63, 3.8) is 0 Å². The number of piperidine rings is 1. The topological polar surface area (TPSA) is 55.8 Å². The van der Waals surface area contributed by atoms with E-state index in [0.717, 1.165) is 18.4 Å². The van der Waals surface area contributed by atoms with Crippen LogP contribution in [0.5, 0.6) is 0 Å². The number of nitrogens with zero attached hydrogens (tertiary/aromatic N) is 1. The van der Waals surface area contributed by atoms with Gasteiger partial charge in [-0.15, -0.1) is 0 Å². The van der Waals surface area contributed by atoms with E-state index in [1.54, 1.807) is 4.90 Å². The van der Waals surface area contributed by atoms with Crippen LogP contribution >= 0.6 is 0 Å². The molecular formula is C16H21NO4. The summed E-state index contributed by atoms with van der Waals surface area (Å²) in [5, 5.41) is 0. The second-order valence-electron chi connectivity index (χ2n) is 5.17. The summed E-state index contributed by atoms with van der Waals surface area (Å²) in [5.41, 5.74) is 0.824. The first-order chi connectivity index (χ1) is 10.2. The number of methoxy groups -OCH3 is 2. The number of hydrogen-bond donors (Lipinski definition) is 0. The Hall–Kier alpha value is -1.88. The summed E-state index contributed by atoms with van der Waals surface area (Å²) < 4.78 is 10.1. The van der Waals surface area contributed by atoms with E-state index in [9.17, 15) is 9.59 Å². The maximum atomic E-state index is 12.6. The van der Waals surface area contributed by atoms with Gasteiger partial charge in [0.25, 0.3) is 5.91 Å². The first-order valence-electron chi connectivity index (χ1n) is 7.11. The molecule has 2 rings (SSSR count). The highest BCUT2D eigenvalue weighted by molar-refractivity contribution is 5.83. The molecule has 2 unspecified atom stereocenters. The van der Waals surface area contributed by atoms with Gasteiger partial charge in [-0.2, -0.15) is 0 Å². The maximum Gasteiger partial charge on any atom is 0.310 e. The van der Waals surface area contributed by atoms with Crippen LogP contribution in [0, 0.1) is 5.92 Å². The molecule has 0 bridgehead atoms. The van der Waals surface area contributed by atoms with Crippen molar-refractivity contribution in [2.45, 2.75) is 18.9 Å². The van der Waals surface area contributed by atoms with E-state index >= 15 is 0 Å². The number of ether oxygens (including phenoxy) is 2. The largest absolute Gasteiger partial charge is 0.469 e. The van der Waals surface area contributed by atoms with Crippen LogP contribution in [0.15, 0.2) is 30.3 Å². The number of amides is 1. The lowest BCUT2D eigenvalue weighted by molar-refractivity contribution is -0.151. The van der Waals surface area contributed by atoms with Crippen LogP contribution in [-0.2, 0) is 19.1 Å². The molecule has 1 amide bonds. The highest BCUT2D eigenvalue weighted by Gasteiger charge is 2.32. The predicted octanol–water partition coefficient (Wildman–Crippen LogP) is 1.79. The molecule has 1 aromatic carbocycles. The Morgan fingerprint density at radius 3 is 2.57 bits per heavy atom. The third-order valence-electron chi connectivity index (χ3n) is 3.83. The molecule has 0 radical (unpaired) electrons. The first kappa shape index (κ1) is 15.5. The third kappa shape index (κ3) is 3.61. The lowest BCUT2D eigenvalue weighted by Crippen LogP contribution is -2.44. The fraction of sp³-hybridized carbons (Fsp3) is 0.500. The minimum absolute atomic E-state index is 0.0997. The van der Waals surface area contributed by atoms with Gasteiger partial charge in [0.05, 0.1) is 13.0 Å². The Morgan fingerprint density at radius 2 is 1.95 bits per heavy atom. The highest BCUT2D eigenvalue weighted by atomic mass is 16.5. The zero-order chi connectivity index (χ0) is 15.2. The monoisotopic (exact) mass is 291 g/mol. The van der Waals surface area contributed by atoms with Crippen LogP contribution in [0.1, 0.15) is 24.5 Å². The number of carbonyl (C=O) groups is 2. The van der Waals surface area contributed by atoms with E-state index in [0.29, 0.717) is 13.1 Å². The summed E-state index contributed by atoms with van der Waals surface area (Å²) in [4.78, 5) is 26.0. The molecule has 0 spiro atoms. The average Bonchev–Trinajstić information content (AvgIpc) is 2.55. The summed E-state index contributed by atoms with van der Waals surface area (Å²) in [5.74, 6) is -0.584. The van der Waals surface area contributed by atoms with Gasteiger partial charge >= 0.3 is 5.97 Å². The van der Waals surface area contributed by atoms with Crippen LogP contribution < -0.4 is 0 Å². The van der Waals surface area contributed by atoms with Crippen LogP contribution in [-0.4, -0.2) is 44.1 Å². The predicted molar refractivity (Wildman–Crippen MR) is 77.5 cm³/mol. The van der Waals surface area contributed by atoms with Crippen molar-refractivity contribution in [2.75, 3.05) is 27.3 Å². The van der Waals surface area contributed by atoms with Crippen molar-refractivity contribution in [3.05, 3.63) is 35.9 Å². The molecule has 1 aliphatic rings. The molecule has 1 fully saturated rings. The van der Waals surface area contributed by atoms with Gasteiger partial charge in [0, 0.05) is 20.2 Å². The first-order valence-corrected chi connectivity index (χ1v) is 7.11. The van der Waals surface area contributed by atoms with Crippen molar-refractivity contribution in [3.8, 4) is 0 Å². The third-order valence-corrected chi connectivity index (χ3v) is 3.83. The van der Waals surface area contributed by atoms with Crippen molar-refractivity contribution in [2.24, 2.45) is 5.92 Å². The van der Waals surface area contributed by atoms with Gasteiger partial charge in [0.2, 0.25) is 0 Å². The van der Waals surface area contributed by atoms with Crippen LogP contribution in [0.4, 0.5) is 0 Å². The van der Waals surface area contributed by atoms with Gasteiger partial charge in [0.15, 0.2) is 6.10 Å². The molecule has 1 saturated heterocycles. The van der Waals surface area contributed by atoms with Crippen molar-refractivity contribution < 1.29 is 19.1 Å². The highest BCUT2D eigenvalue weighted by Crippen LogP contribution is 2.24. The second kappa shape index (κ2) is 7.22. The maximum absolute atomic E-state index is 12.6. The fourth-order valence-corrected chi connectivity index (χ4v) is 2.71. The Bertz CT molecular complexity index is 488. The van der Waals surface area contributed by atoms with E-state index < -0.39 is 6.10 Å². The smallest absolute Gasteiger partial charge is 0.310 e. The number of likely N-dealkylation sites (tertiary alicyclic amines) is 1. The molecule has 0 N–H and O–H groups in total. The van der Waals surface area contributed by atoms with Crippen molar-refractivity contribution in [1.82, 2.24) is 4.90 Å². The normalized spacial score (nSPS) is 19.9. The van der Waals surface area contributed by atoms with Crippen LogP contribution in [0.3, 0.4) is 0 Å². The Kier molecular flexibility index (Phi) is 5.33. The summed E-state index contributed by atoms with van der Waals surface area (Å²) in [6.45, 7) is 1.05. The molecule has 5 heteroatoms. The lowest BCUT2D eigenvalue weighted by Gasteiger charge is -2.33. The Balaban J connectivity index is 2.09. The zero-order valence-electron chi connectivity index (χ0n) is 12.5. The van der Waals surface area contributed by atoms with Gasteiger partial charge in [-0.1, -0.05) is 30.3 Å². The van der Waals surface area contributed by atoms with Gasteiger partial charge in [0.1, 0.15) is 0 Å². The standard InChI is InChI=1S/C16H21NO4/c1-20-14(12-7-4-3-5-8-12)15(18)17-10-6-9-13(11-17)16(19)21-2/h3-5,7-8,13-14H,6,9-11H2,1-2H3. The Morgan fingerprint density at radius 1 is 1.24 bits per heavy atom. The fourth-order valence-electron chi connectivity index (χ4n) is 2.71. The SMILES string of the molecule is COC(=O)C1CCCN(C(=O)C(OC)c2ccccc2)C1. The van der Waals surface area contributed by atoms with Crippen LogP contribution in [0.2, 0.25) is 0 Å². The molecule has 1 aliphatic heterocycles. The van der Waals surface area contributed by atoms with E-state index in [4.69, 9.17) is 9.47 Å². The van der Waals surface area contributed by atoms with Gasteiger partial charge in [-0.3, -0.25) is 9.59 Å². The van der Waals surface area contributed by atoms with Crippen molar-refractivity contribution >= 4 is 11.9 Å². The Labute approximate surface area is 124 Å².